The summed E-state index contributed by atoms with van der Waals surface area (Å²) in [5.74, 6) is -2.47. The molecule has 3 fully saturated rings. The lowest BCUT2D eigenvalue weighted by Crippen LogP contribution is -2.52. The zero-order valence-corrected chi connectivity index (χ0v) is 12.9. The summed E-state index contributed by atoms with van der Waals surface area (Å²) in [6.07, 6.45) is 4.54. The summed E-state index contributed by atoms with van der Waals surface area (Å²) in [5, 5.41) is 0. The molecule has 20 heavy (non-hydrogen) atoms. The monoisotopic (exact) mass is 287 g/mol. The minimum Gasteiger partial charge on any atom is -0.376 e. The van der Waals surface area contributed by atoms with Gasteiger partial charge in [0.1, 0.15) is 0 Å². The van der Waals surface area contributed by atoms with Gasteiger partial charge in [-0.25, -0.2) is 8.78 Å². The summed E-state index contributed by atoms with van der Waals surface area (Å²) in [6.45, 7) is 8.79. The summed E-state index contributed by atoms with van der Waals surface area (Å²) in [6, 6.07) is 0.436. The van der Waals surface area contributed by atoms with Gasteiger partial charge in [-0.15, -0.1) is 0 Å². The molecule has 2 aliphatic heterocycles. The molecule has 0 aromatic heterocycles. The van der Waals surface area contributed by atoms with Crippen LogP contribution >= 0.6 is 0 Å². The molecule has 1 saturated carbocycles. The Kier molecular flexibility index (Phi) is 3.41. The molecular formula is C16H27F2NO. The zero-order valence-electron chi connectivity index (χ0n) is 12.9. The number of alkyl halides is 2. The minimum atomic E-state index is -2.47. The Bertz CT molecular complexity index is 371. The number of nitrogens with zero attached hydrogens (tertiary/aromatic N) is 1. The van der Waals surface area contributed by atoms with Gasteiger partial charge in [0.05, 0.1) is 12.7 Å². The van der Waals surface area contributed by atoms with Crippen molar-refractivity contribution in [3.8, 4) is 0 Å². The number of halogens is 2. The minimum absolute atomic E-state index is 0.0792. The predicted octanol–water partition coefficient (Wildman–Crippen LogP) is 3.84. The third-order valence-corrected chi connectivity index (χ3v) is 5.84. The lowest BCUT2D eigenvalue weighted by atomic mass is 9.71. The van der Waals surface area contributed by atoms with E-state index in [1.807, 2.05) is 0 Å². The highest BCUT2D eigenvalue weighted by Gasteiger charge is 2.55. The summed E-state index contributed by atoms with van der Waals surface area (Å²) in [4.78, 5) is 2.63. The van der Waals surface area contributed by atoms with Crippen molar-refractivity contribution in [1.29, 1.82) is 0 Å². The summed E-state index contributed by atoms with van der Waals surface area (Å²) in [5.41, 5.74) is 0.590. The highest BCUT2D eigenvalue weighted by Crippen LogP contribution is 2.52. The average Bonchev–Trinajstić information content (AvgIpc) is 2.81. The van der Waals surface area contributed by atoms with Crippen LogP contribution in [0.4, 0.5) is 8.78 Å². The van der Waals surface area contributed by atoms with Gasteiger partial charge in [0, 0.05) is 24.4 Å². The molecule has 0 radical (unpaired) electrons. The highest BCUT2D eigenvalue weighted by molar-refractivity contribution is 5.10. The Morgan fingerprint density at radius 2 is 1.90 bits per heavy atom. The summed E-state index contributed by atoms with van der Waals surface area (Å²) < 4.78 is 31.4. The maximum Gasteiger partial charge on any atom is 0.253 e. The van der Waals surface area contributed by atoms with Crippen molar-refractivity contribution in [2.45, 2.75) is 82.9 Å². The first kappa shape index (κ1) is 14.7. The molecule has 3 rings (SSSR count). The van der Waals surface area contributed by atoms with Crippen molar-refractivity contribution in [2.75, 3.05) is 13.2 Å². The standard InChI is InChI=1S/C16H27F2NO/c1-14(2,3)15-6-4-8-19(15)12(5-7-15)11-20-13-9-16(17,18)10-13/h12-13H,4-11H2,1-3H3. The maximum absolute atomic E-state index is 12.8. The first-order chi connectivity index (χ1) is 9.24. The fraction of sp³-hybridized carbons (Fsp3) is 1.00. The third-order valence-electron chi connectivity index (χ3n) is 5.84. The average molecular weight is 287 g/mol. The molecule has 0 aromatic rings. The van der Waals surface area contributed by atoms with Crippen LogP contribution in [-0.2, 0) is 4.74 Å². The van der Waals surface area contributed by atoms with Crippen LogP contribution in [0.25, 0.3) is 0 Å². The number of ether oxygens (including phenoxy) is 1. The maximum atomic E-state index is 12.8. The molecule has 0 N–H and O–H groups in total. The molecule has 2 heterocycles. The normalized spacial score (nSPS) is 38.0. The fourth-order valence-corrected chi connectivity index (χ4v) is 4.59. The SMILES string of the molecule is CC(C)(C)C12CCCN1C(COC1CC(F)(F)C1)CC2. The topological polar surface area (TPSA) is 12.5 Å². The van der Waals surface area contributed by atoms with E-state index in [0.717, 1.165) is 13.0 Å². The molecule has 0 spiro atoms. The Morgan fingerprint density at radius 3 is 2.50 bits per heavy atom. The molecule has 3 aliphatic rings. The molecule has 116 valence electrons. The van der Waals surface area contributed by atoms with E-state index in [0.29, 0.717) is 18.2 Å². The third kappa shape index (κ3) is 2.29. The molecule has 0 amide bonds. The Balaban J connectivity index is 1.57. The van der Waals surface area contributed by atoms with E-state index in [2.05, 4.69) is 25.7 Å². The van der Waals surface area contributed by atoms with Crippen molar-refractivity contribution in [1.82, 2.24) is 4.90 Å². The summed E-state index contributed by atoms with van der Waals surface area (Å²) >= 11 is 0. The smallest absolute Gasteiger partial charge is 0.253 e. The Morgan fingerprint density at radius 1 is 1.20 bits per heavy atom. The highest BCUT2D eigenvalue weighted by atomic mass is 19.3. The van der Waals surface area contributed by atoms with E-state index in [1.165, 1.54) is 19.3 Å². The van der Waals surface area contributed by atoms with Crippen molar-refractivity contribution in [2.24, 2.45) is 5.41 Å². The summed E-state index contributed by atoms with van der Waals surface area (Å²) in [7, 11) is 0. The number of rotatable bonds is 3. The molecule has 1 aliphatic carbocycles. The zero-order chi connectivity index (χ0) is 14.6. The molecule has 2 unspecified atom stereocenters. The second-order valence-electron chi connectivity index (χ2n) is 7.99. The van der Waals surface area contributed by atoms with Crippen molar-refractivity contribution < 1.29 is 13.5 Å². The van der Waals surface area contributed by atoms with Gasteiger partial charge in [-0.2, -0.15) is 0 Å². The van der Waals surface area contributed by atoms with Gasteiger partial charge in [0.15, 0.2) is 0 Å². The van der Waals surface area contributed by atoms with E-state index >= 15 is 0 Å². The molecule has 2 nitrogen and oxygen atoms in total. The number of hydrogen-bond donors (Lipinski definition) is 0. The largest absolute Gasteiger partial charge is 0.376 e. The first-order valence-electron chi connectivity index (χ1n) is 8.00. The van der Waals surface area contributed by atoms with Gasteiger partial charge in [0.25, 0.3) is 5.92 Å². The number of hydrogen-bond acceptors (Lipinski definition) is 2. The van der Waals surface area contributed by atoms with Crippen LogP contribution < -0.4 is 0 Å². The van der Waals surface area contributed by atoms with Crippen LogP contribution in [0.2, 0.25) is 0 Å². The van der Waals surface area contributed by atoms with Gasteiger partial charge >= 0.3 is 0 Å². The van der Waals surface area contributed by atoms with Gasteiger partial charge in [-0.05, 0) is 37.6 Å². The van der Waals surface area contributed by atoms with E-state index < -0.39 is 5.92 Å². The lowest BCUT2D eigenvalue weighted by molar-refractivity contribution is -0.170. The first-order valence-corrected chi connectivity index (χ1v) is 8.00. The van der Waals surface area contributed by atoms with E-state index in [1.54, 1.807) is 0 Å². The van der Waals surface area contributed by atoms with Crippen LogP contribution in [0, 0.1) is 5.41 Å². The van der Waals surface area contributed by atoms with Crippen LogP contribution in [0.3, 0.4) is 0 Å². The second kappa shape index (κ2) is 4.64. The quantitative estimate of drug-likeness (QED) is 0.782. The van der Waals surface area contributed by atoms with Gasteiger partial charge in [-0.1, -0.05) is 20.8 Å². The van der Waals surface area contributed by atoms with Crippen LogP contribution in [0.1, 0.15) is 59.3 Å². The lowest BCUT2D eigenvalue weighted by Gasteiger charge is -2.46. The molecule has 4 heteroatoms. The van der Waals surface area contributed by atoms with Crippen LogP contribution in [-0.4, -0.2) is 41.7 Å². The van der Waals surface area contributed by atoms with E-state index in [4.69, 9.17) is 4.74 Å². The predicted molar refractivity (Wildman–Crippen MR) is 75.1 cm³/mol. The Hall–Kier alpha value is -0.220. The van der Waals surface area contributed by atoms with Gasteiger partial charge in [-0.3, -0.25) is 4.90 Å². The van der Waals surface area contributed by atoms with E-state index in [9.17, 15) is 8.78 Å². The van der Waals surface area contributed by atoms with Crippen molar-refractivity contribution in [3.05, 3.63) is 0 Å². The second-order valence-corrected chi connectivity index (χ2v) is 7.99. The number of fused-ring (bicyclic) bond motifs is 1. The molecular weight excluding hydrogens is 260 g/mol. The van der Waals surface area contributed by atoms with Crippen LogP contribution in [0.15, 0.2) is 0 Å². The Labute approximate surface area is 120 Å². The van der Waals surface area contributed by atoms with Gasteiger partial charge < -0.3 is 4.74 Å². The van der Waals surface area contributed by atoms with Crippen molar-refractivity contribution >= 4 is 0 Å². The van der Waals surface area contributed by atoms with Gasteiger partial charge in [0.2, 0.25) is 0 Å². The molecule has 2 atom stereocenters. The molecule has 0 bridgehead atoms. The van der Waals surface area contributed by atoms with Crippen molar-refractivity contribution in [3.63, 3.8) is 0 Å². The van der Waals surface area contributed by atoms with E-state index in [-0.39, 0.29) is 24.4 Å². The fourth-order valence-electron chi connectivity index (χ4n) is 4.59. The molecule has 2 saturated heterocycles. The molecule has 0 aromatic carbocycles. The van der Waals surface area contributed by atoms with Crippen LogP contribution in [0.5, 0.6) is 0 Å².